The lowest BCUT2D eigenvalue weighted by atomic mass is 10.1. The topological polar surface area (TPSA) is 78.4 Å². The maximum Gasteiger partial charge on any atom is 0.335 e. The summed E-state index contributed by atoms with van der Waals surface area (Å²) in [4.78, 5) is 22.2. The highest BCUT2D eigenvalue weighted by Crippen LogP contribution is 2.05. The standard InChI is InChI=1S/C14H20N2O3/c1-14(2,3)16-13(19)15-9-8-10-4-6-11(7-5-10)12(17)18/h4-7H,8-9H2,1-3H3,(H,17,18)(H2,15,16,19). The lowest BCUT2D eigenvalue weighted by Crippen LogP contribution is -2.46. The Labute approximate surface area is 113 Å². The predicted molar refractivity (Wildman–Crippen MR) is 73.4 cm³/mol. The molecular weight excluding hydrogens is 244 g/mol. The number of aromatic carboxylic acids is 1. The molecule has 0 bridgehead atoms. The van der Waals surface area contributed by atoms with Crippen molar-refractivity contribution < 1.29 is 14.7 Å². The van der Waals surface area contributed by atoms with E-state index in [1.54, 1.807) is 24.3 Å². The number of benzene rings is 1. The smallest absolute Gasteiger partial charge is 0.335 e. The number of rotatable bonds is 4. The number of hydrogen-bond donors (Lipinski definition) is 3. The van der Waals surface area contributed by atoms with E-state index in [0.29, 0.717) is 13.0 Å². The number of nitrogens with one attached hydrogen (secondary N) is 2. The number of amides is 2. The van der Waals surface area contributed by atoms with E-state index in [4.69, 9.17) is 5.11 Å². The summed E-state index contributed by atoms with van der Waals surface area (Å²) in [6, 6.07) is 6.44. The van der Waals surface area contributed by atoms with Gasteiger partial charge in [0, 0.05) is 12.1 Å². The summed E-state index contributed by atoms with van der Waals surface area (Å²) in [5.41, 5.74) is 0.996. The monoisotopic (exact) mass is 264 g/mol. The van der Waals surface area contributed by atoms with Gasteiger partial charge in [-0.1, -0.05) is 12.1 Å². The third-order valence-corrected chi connectivity index (χ3v) is 2.39. The molecule has 0 unspecified atom stereocenters. The van der Waals surface area contributed by atoms with Crippen molar-refractivity contribution in [1.29, 1.82) is 0 Å². The van der Waals surface area contributed by atoms with Crippen LogP contribution < -0.4 is 10.6 Å². The van der Waals surface area contributed by atoms with Gasteiger partial charge in [0.05, 0.1) is 5.56 Å². The van der Waals surface area contributed by atoms with E-state index in [0.717, 1.165) is 5.56 Å². The highest BCUT2D eigenvalue weighted by atomic mass is 16.4. The molecule has 0 atom stereocenters. The summed E-state index contributed by atoms with van der Waals surface area (Å²) in [6.45, 7) is 6.25. The molecule has 1 rings (SSSR count). The van der Waals surface area contributed by atoms with E-state index in [-0.39, 0.29) is 17.1 Å². The first-order valence-electron chi connectivity index (χ1n) is 6.16. The number of hydrogen-bond acceptors (Lipinski definition) is 2. The lowest BCUT2D eigenvalue weighted by molar-refractivity contribution is 0.0697. The highest BCUT2D eigenvalue weighted by Gasteiger charge is 2.12. The quantitative estimate of drug-likeness (QED) is 0.778. The van der Waals surface area contributed by atoms with Crippen molar-refractivity contribution in [3.05, 3.63) is 35.4 Å². The van der Waals surface area contributed by atoms with Crippen molar-refractivity contribution in [3.63, 3.8) is 0 Å². The molecule has 5 heteroatoms. The molecule has 2 amide bonds. The molecule has 0 aliphatic carbocycles. The van der Waals surface area contributed by atoms with Gasteiger partial charge in [-0.05, 0) is 44.9 Å². The number of carbonyl (C=O) groups excluding carboxylic acids is 1. The van der Waals surface area contributed by atoms with Crippen LogP contribution in [0.25, 0.3) is 0 Å². The van der Waals surface area contributed by atoms with Crippen molar-refractivity contribution in [2.24, 2.45) is 0 Å². The molecule has 0 aromatic heterocycles. The largest absolute Gasteiger partial charge is 0.478 e. The molecule has 3 N–H and O–H groups in total. The van der Waals surface area contributed by atoms with E-state index >= 15 is 0 Å². The Balaban J connectivity index is 2.37. The molecule has 1 aromatic rings. The van der Waals surface area contributed by atoms with Gasteiger partial charge in [0.25, 0.3) is 0 Å². The predicted octanol–water partition coefficient (Wildman–Crippen LogP) is 2.02. The zero-order valence-corrected chi connectivity index (χ0v) is 11.5. The third kappa shape index (κ3) is 5.90. The third-order valence-electron chi connectivity index (χ3n) is 2.39. The lowest BCUT2D eigenvalue weighted by Gasteiger charge is -2.20. The molecule has 19 heavy (non-hydrogen) atoms. The number of carbonyl (C=O) groups is 2. The Morgan fingerprint density at radius 1 is 1.16 bits per heavy atom. The summed E-state index contributed by atoms with van der Waals surface area (Å²) in [5, 5.41) is 14.3. The second kappa shape index (κ2) is 6.22. The van der Waals surface area contributed by atoms with Crippen LogP contribution in [0.2, 0.25) is 0 Å². The summed E-state index contributed by atoms with van der Waals surface area (Å²) in [7, 11) is 0. The summed E-state index contributed by atoms with van der Waals surface area (Å²) < 4.78 is 0. The minimum Gasteiger partial charge on any atom is -0.478 e. The summed E-state index contributed by atoms with van der Waals surface area (Å²) >= 11 is 0. The van der Waals surface area contributed by atoms with Gasteiger partial charge in [0.2, 0.25) is 0 Å². The first kappa shape index (κ1) is 15.0. The van der Waals surface area contributed by atoms with Gasteiger partial charge in [0.15, 0.2) is 0 Å². The molecule has 5 nitrogen and oxygen atoms in total. The Bertz CT molecular complexity index is 447. The van der Waals surface area contributed by atoms with Crippen LogP contribution in [0.4, 0.5) is 4.79 Å². The van der Waals surface area contributed by atoms with Crippen LogP contribution in [0.1, 0.15) is 36.7 Å². The van der Waals surface area contributed by atoms with Crippen molar-refractivity contribution >= 4 is 12.0 Å². The van der Waals surface area contributed by atoms with Crippen LogP contribution in [-0.4, -0.2) is 29.2 Å². The van der Waals surface area contributed by atoms with Crippen LogP contribution in [0.3, 0.4) is 0 Å². The van der Waals surface area contributed by atoms with Crippen molar-refractivity contribution in [3.8, 4) is 0 Å². The molecule has 0 fully saturated rings. The average Bonchev–Trinajstić information content (AvgIpc) is 2.27. The first-order chi connectivity index (χ1) is 8.78. The fourth-order valence-corrected chi connectivity index (χ4v) is 1.52. The van der Waals surface area contributed by atoms with E-state index in [1.807, 2.05) is 20.8 Å². The molecule has 0 aliphatic heterocycles. The Morgan fingerprint density at radius 2 is 1.74 bits per heavy atom. The number of urea groups is 1. The summed E-state index contributed by atoms with van der Waals surface area (Å²) in [6.07, 6.45) is 0.664. The zero-order chi connectivity index (χ0) is 14.5. The maximum absolute atomic E-state index is 11.5. The normalized spacial score (nSPS) is 10.9. The van der Waals surface area contributed by atoms with Crippen LogP contribution in [0.15, 0.2) is 24.3 Å². The van der Waals surface area contributed by atoms with Crippen molar-refractivity contribution in [1.82, 2.24) is 10.6 Å². The van der Waals surface area contributed by atoms with Gasteiger partial charge in [-0.15, -0.1) is 0 Å². The van der Waals surface area contributed by atoms with Crippen LogP contribution in [0, 0.1) is 0 Å². The highest BCUT2D eigenvalue weighted by molar-refractivity contribution is 5.87. The molecule has 0 aliphatic rings. The zero-order valence-electron chi connectivity index (χ0n) is 11.5. The Hall–Kier alpha value is -2.04. The SMILES string of the molecule is CC(C)(C)NC(=O)NCCc1ccc(C(=O)O)cc1. The van der Waals surface area contributed by atoms with Crippen LogP contribution in [-0.2, 0) is 6.42 Å². The fraction of sp³-hybridized carbons (Fsp3) is 0.429. The van der Waals surface area contributed by atoms with Crippen molar-refractivity contribution in [2.45, 2.75) is 32.7 Å². The Morgan fingerprint density at radius 3 is 2.21 bits per heavy atom. The molecule has 0 heterocycles. The number of carboxylic acids is 1. The van der Waals surface area contributed by atoms with Crippen LogP contribution >= 0.6 is 0 Å². The van der Waals surface area contributed by atoms with Gasteiger partial charge in [-0.25, -0.2) is 9.59 Å². The minimum atomic E-state index is -0.936. The summed E-state index contributed by atoms with van der Waals surface area (Å²) in [5.74, 6) is -0.936. The molecule has 0 saturated carbocycles. The molecule has 1 aromatic carbocycles. The molecule has 104 valence electrons. The van der Waals surface area contributed by atoms with E-state index in [9.17, 15) is 9.59 Å². The minimum absolute atomic E-state index is 0.199. The molecule has 0 radical (unpaired) electrons. The fourth-order valence-electron chi connectivity index (χ4n) is 1.52. The van der Waals surface area contributed by atoms with E-state index < -0.39 is 5.97 Å². The average molecular weight is 264 g/mol. The molecule has 0 spiro atoms. The second-order valence-electron chi connectivity index (χ2n) is 5.38. The van der Waals surface area contributed by atoms with Gasteiger partial charge in [-0.3, -0.25) is 0 Å². The van der Waals surface area contributed by atoms with Gasteiger partial charge >= 0.3 is 12.0 Å². The first-order valence-corrected chi connectivity index (χ1v) is 6.16. The van der Waals surface area contributed by atoms with E-state index in [1.165, 1.54) is 0 Å². The van der Waals surface area contributed by atoms with Gasteiger partial charge in [-0.2, -0.15) is 0 Å². The second-order valence-corrected chi connectivity index (χ2v) is 5.38. The molecular formula is C14H20N2O3. The van der Waals surface area contributed by atoms with Crippen molar-refractivity contribution in [2.75, 3.05) is 6.54 Å². The van der Waals surface area contributed by atoms with Gasteiger partial charge in [0.1, 0.15) is 0 Å². The van der Waals surface area contributed by atoms with E-state index in [2.05, 4.69) is 10.6 Å². The van der Waals surface area contributed by atoms with Crippen LogP contribution in [0.5, 0.6) is 0 Å². The maximum atomic E-state index is 11.5. The van der Waals surface area contributed by atoms with Gasteiger partial charge < -0.3 is 15.7 Å². The Kier molecular flexibility index (Phi) is 4.92. The number of carboxylic acid groups (broad SMARTS) is 1. The molecule has 0 saturated heterocycles.